The second kappa shape index (κ2) is 11.5. The van der Waals surface area contributed by atoms with E-state index in [-0.39, 0.29) is 5.91 Å². The average Bonchev–Trinajstić information content (AvgIpc) is 3.31. The van der Waals surface area contributed by atoms with E-state index < -0.39 is 0 Å². The quantitative estimate of drug-likeness (QED) is 0.395. The molecule has 0 spiro atoms. The number of fused-ring (bicyclic) bond motifs is 1. The molecule has 0 radical (unpaired) electrons. The van der Waals surface area contributed by atoms with Gasteiger partial charge in [-0.25, -0.2) is 4.98 Å². The van der Waals surface area contributed by atoms with Gasteiger partial charge in [-0.3, -0.25) is 4.79 Å². The zero-order valence-corrected chi connectivity index (χ0v) is 21.7. The molecule has 2 aromatic carbocycles. The molecule has 0 N–H and O–H groups in total. The van der Waals surface area contributed by atoms with Crippen molar-refractivity contribution in [2.24, 2.45) is 0 Å². The first-order valence-corrected chi connectivity index (χ1v) is 13.0. The number of hydrogen-bond acceptors (Lipinski definition) is 8. The van der Waals surface area contributed by atoms with Crippen molar-refractivity contribution in [1.82, 2.24) is 9.88 Å². The number of rotatable bonds is 10. The summed E-state index contributed by atoms with van der Waals surface area (Å²) in [7, 11) is 0. The lowest BCUT2D eigenvalue weighted by atomic mass is 10.1. The first-order valence-electron chi connectivity index (χ1n) is 12.2. The van der Waals surface area contributed by atoms with Gasteiger partial charge in [-0.2, -0.15) is 0 Å². The van der Waals surface area contributed by atoms with E-state index in [0.29, 0.717) is 75.4 Å². The number of anilines is 1. The molecular weight excluding hydrogens is 466 g/mol. The van der Waals surface area contributed by atoms with Crippen molar-refractivity contribution in [3.05, 3.63) is 35.9 Å². The van der Waals surface area contributed by atoms with E-state index in [9.17, 15) is 4.79 Å². The zero-order chi connectivity index (χ0) is 24.8. The van der Waals surface area contributed by atoms with E-state index in [1.54, 1.807) is 23.5 Å². The van der Waals surface area contributed by atoms with Gasteiger partial charge in [-0.05, 0) is 52.0 Å². The Morgan fingerprint density at radius 2 is 1.46 bits per heavy atom. The summed E-state index contributed by atoms with van der Waals surface area (Å²) in [4.78, 5) is 22.4. The third-order valence-electron chi connectivity index (χ3n) is 5.66. The molecule has 188 valence electrons. The minimum Gasteiger partial charge on any atom is -0.492 e. The molecule has 0 saturated carbocycles. The molecule has 1 aliphatic heterocycles. The van der Waals surface area contributed by atoms with Gasteiger partial charge >= 0.3 is 0 Å². The van der Waals surface area contributed by atoms with Crippen molar-refractivity contribution in [1.29, 1.82) is 0 Å². The van der Waals surface area contributed by atoms with Crippen LogP contribution < -0.4 is 23.8 Å². The Balaban J connectivity index is 1.50. The molecule has 0 aliphatic carbocycles. The van der Waals surface area contributed by atoms with Crippen LogP contribution in [-0.2, 0) is 0 Å². The van der Waals surface area contributed by atoms with Gasteiger partial charge in [-0.1, -0.05) is 17.4 Å². The van der Waals surface area contributed by atoms with Crippen molar-refractivity contribution in [2.45, 2.75) is 27.7 Å². The summed E-state index contributed by atoms with van der Waals surface area (Å²) in [5.74, 6) is 2.37. The molecule has 35 heavy (non-hydrogen) atoms. The fourth-order valence-electron chi connectivity index (χ4n) is 4.11. The Bertz CT molecular complexity index is 1130. The molecular formula is C26H33N3O5S. The number of aromatic nitrogens is 1. The number of benzene rings is 2. The summed E-state index contributed by atoms with van der Waals surface area (Å²) in [5.41, 5.74) is 1.43. The van der Waals surface area contributed by atoms with E-state index in [0.717, 1.165) is 21.1 Å². The van der Waals surface area contributed by atoms with Gasteiger partial charge in [0.15, 0.2) is 16.6 Å². The number of nitrogens with zero attached hydrogens (tertiary/aromatic N) is 3. The van der Waals surface area contributed by atoms with Crippen LogP contribution in [0, 0.1) is 0 Å². The van der Waals surface area contributed by atoms with Crippen LogP contribution in [0.15, 0.2) is 30.3 Å². The highest BCUT2D eigenvalue weighted by Gasteiger charge is 2.26. The minimum absolute atomic E-state index is 0.0439. The lowest BCUT2D eigenvalue weighted by Crippen LogP contribution is -2.48. The van der Waals surface area contributed by atoms with Crippen molar-refractivity contribution in [2.75, 3.05) is 57.5 Å². The molecule has 1 aliphatic rings. The third-order valence-corrected chi connectivity index (χ3v) is 6.75. The number of para-hydroxylation sites is 1. The smallest absolute Gasteiger partial charge is 0.254 e. The molecule has 8 nitrogen and oxygen atoms in total. The van der Waals surface area contributed by atoms with Crippen molar-refractivity contribution < 1.29 is 23.7 Å². The summed E-state index contributed by atoms with van der Waals surface area (Å²) in [6.07, 6.45) is 0. The van der Waals surface area contributed by atoms with Crippen LogP contribution in [0.1, 0.15) is 38.1 Å². The maximum Gasteiger partial charge on any atom is 0.254 e. The van der Waals surface area contributed by atoms with E-state index in [4.69, 9.17) is 23.9 Å². The summed E-state index contributed by atoms with van der Waals surface area (Å²) < 4.78 is 24.2. The van der Waals surface area contributed by atoms with Crippen LogP contribution in [0.2, 0.25) is 0 Å². The van der Waals surface area contributed by atoms with Crippen LogP contribution in [-0.4, -0.2) is 68.4 Å². The zero-order valence-electron chi connectivity index (χ0n) is 20.8. The molecule has 2 heterocycles. The number of thiazole rings is 1. The standard InChI is InChI=1S/C26H33N3O5S/c1-5-31-19-10-9-11-22-23(19)27-26(35-22)29-14-12-28(13-15-29)25(30)18-16-20(32-6-2)24(34-8-4)21(17-18)33-7-3/h9-11,16-17H,5-8,12-15H2,1-4H3. The predicted molar refractivity (Wildman–Crippen MR) is 139 cm³/mol. The highest BCUT2D eigenvalue weighted by molar-refractivity contribution is 7.22. The molecule has 1 saturated heterocycles. The van der Waals surface area contributed by atoms with Crippen molar-refractivity contribution >= 4 is 32.6 Å². The number of ether oxygens (including phenoxy) is 4. The molecule has 0 atom stereocenters. The van der Waals surface area contributed by atoms with Crippen LogP contribution in [0.25, 0.3) is 10.2 Å². The molecule has 1 fully saturated rings. The largest absolute Gasteiger partial charge is 0.492 e. The molecule has 9 heteroatoms. The fourth-order valence-corrected chi connectivity index (χ4v) is 5.15. The predicted octanol–water partition coefficient (Wildman–Crippen LogP) is 4.85. The van der Waals surface area contributed by atoms with Gasteiger partial charge in [0.05, 0.1) is 31.1 Å². The summed E-state index contributed by atoms with van der Waals surface area (Å²) >= 11 is 1.66. The van der Waals surface area contributed by atoms with Gasteiger partial charge < -0.3 is 28.7 Å². The van der Waals surface area contributed by atoms with Crippen LogP contribution in [0.5, 0.6) is 23.0 Å². The molecule has 1 amide bonds. The maximum atomic E-state index is 13.4. The van der Waals surface area contributed by atoms with Gasteiger partial charge in [0, 0.05) is 31.7 Å². The molecule has 1 aromatic heterocycles. The summed E-state index contributed by atoms with van der Waals surface area (Å²) in [5, 5.41) is 0.956. The van der Waals surface area contributed by atoms with Crippen LogP contribution >= 0.6 is 11.3 Å². The van der Waals surface area contributed by atoms with Gasteiger partial charge in [0.1, 0.15) is 11.3 Å². The SMILES string of the molecule is CCOc1cc(C(=O)N2CCN(c3nc4c(OCC)cccc4s3)CC2)cc(OCC)c1OCC. The molecule has 0 unspecified atom stereocenters. The highest BCUT2D eigenvalue weighted by Crippen LogP contribution is 2.40. The second-order valence-electron chi connectivity index (χ2n) is 7.91. The number of piperazine rings is 1. The topological polar surface area (TPSA) is 73.4 Å². The number of carbonyl (C=O) groups is 1. The lowest BCUT2D eigenvalue weighted by Gasteiger charge is -2.34. The monoisotopic (exact) mass is 499 g/mol. The molecule has 3 aromatic rings. The number of carbonyl (C=O) groups excluding carboxylic acids is 1. The Hall–Kier alpha value is -3.20. The second-order valence-corrected chi connectivity index (χ2v) is 8.92. The Kier molecular flexibility index (Phi) is 8.17. The highest BCUT2D eigenvalue weighted by atomic mass is 32.1. The Labute approximate surface area is 210 Å². The van der Waals surface area contributed by atoms with Gasteiger partial charge in [0.2, 0.25) is 5.75 Å². The van der Waals surface area contributed by atoms with Crippen molar-refractivity contribution in [3.8, 4) is 23.0 Å². The molecule has 0 bridgehead atoms. The van der Waals surface area contributed by atoms with Crippen molar-refractivity contribution in [3.63, 3.8) is 0 Å². The van der Waals surface area contributed by atoms with Crippen LogP contribution in [0.4, 0.5) is 5.13 Å². The lowest BCUT2D eigenvalue weighted by molar-refractivity contribution is 0.0745. The number of hydrogen-bond donors (Lipinski definition) is 0. The van der Waals surface area contributed by atoms with E-state index in [2.05, 4.69) is 11.0 Å². The third kappa shape index (κ3) is 5.40. The first kappa shape index (κ1) is 24.9. The van der Waals surface area contributed by atoms with E-state index in [1.807, 2.05) is 44.7 Å². The normalized spacial score (nSPS) is 13.7. The first-order chi connectivity index (χ1) is 17.1. The summed E-state index contributed by atoms with van der Waals surface area (Å²) in [6.45, 7) is 12.3. The Morgan fingerprint density at radius 3 is 2.06 bits per heavy atom. The maximum absolute atomic E-state index is 13.4. The average molecular weight is 500 g/mol. The van der Waals surface area contributed by atoms with Gasteiger partial charge in [0.25, 0.3) is 5.91 Å². The minimum atomic E-state index is -0.0439. The van der Waals surface area contributed by atoms with E-state index in [1.165, 1.54) is 0 Å². The molecule has 4 rings (SSSR count). The van der Waals surface area contributed by atoms with E-state index >= 15 is 0 Å². The van der Waals surface area contributed by atoms with Gasteiger partial charge in [-0.15, -0.1) is 0 Å². The fraction of sp³-hybridized carbons (Fsp3) is 0.462. The van der Waals surface area contributed by atoms with Crippen LogP contribution in [0.3, 0.4) is 0 Å². The Morgan fingerprint density at radius 1 is 0.857 bits per heavy atom. The number of amides is 1. The summed E-state index contributed by atoms with van der Waals surface area (Å²) in [6, 6.07) is 9.53.